The summed E-state index contributed by atoms with van der Waals surface area (Å²) in [5.41, 5.74) is 6.23. The Balaban J connectivity index is 1.84. The zero-order valence-electron chi connectivity index (χ0n) is 19.6. The van der Waals surface area contributed by atoms with Gasteiger partial charge < -0.3 is 0 Å². The van der Waals surface area contributed by atoms with Crippen LogP contribution in [0, 0.1) is 0 Å². The quantitative estimate of drug-likeness (QED) is 0.206. The third-order valence-electron chi connectivity index (χ3n) is 7.20. The summed E-state index contributed by atoms with van der Waals surface area (Å²) in [6.45, 7) is 4.61. The zero-order valence-corrected chi connectivity index (χ0v) is 22.8. The van der Waals surface area contributed by atoms with Crippen molar-refractivity contribution in [3.63, 3.8) is 0 Å². The standard InChI is InChI=1S/C29H40Br2/c1-3-5-7-9-11-13-19-29(20-14-12-10-8-6-4-2)27-18-16-23(30)21-26(27)25-17-15-24(31)22-28(25)29/h15-18,21-22H,3-14,19-20H2,1-2H3. The number of hydrogen-bond donors (Lipinski definition) is 0. The maximum Gasteiger partial charge on any atom is 0.0215 e. The van der Waals surface area contributed by atoms with E-state index in [0.717, 1.165) is 0 Å². The molecule has 3 rings (SSSR count). The van der Waals surface area contributed by atoms with Gasteiger partial charge in [0.25, 0.3) is 0 Å². The molecule has 1 aliphatic carbocycles. The number of halogens is 2. The minimum atomic E-state index is 0.185. The van der Waals surface area contributed by atoms with E-state index in [1.807, 2.05) is 0 Å². The molecule has 0 nitrogen and oxygen atoms in total. The highest BCUT2D eigenvalue weighted by Crippen LogP contribution is 2.55. The molecule has 0 saturated carbocycles. The van der Waals surface area contributed by atoms with Gasteiger partial charge in [-0.25, -0.2) is 0 Å². The van der Waals surface area contributed by atoms with E-state index in [2.05, 4.69) is 82.1 Å². The highest BCUT2D eigenvalue weighted by molar-refractivity contribution is 9.10. The second-order valence-electron chi connectivity index (χ2n) is 9.50. The van der Waals surface area contributed by atoms with Crippen LogP contribution in [0.25, 0.3) is 11.1 Å². The highest BCUT2D eigenvalue weighted by Gasteiger charge is 2.42. The first kappa shape index (κ1) is 25.0. The van der Waals surface area contributed by atoms with E-state index in [9.17, 15) is 0 Å². The third kappa shape index (κ3) is 6.26. The predicted octanol–water partition coefficient (Wildman–Crippen LogP) is 11.0. The van der Waals surface area contributed by atoms with Gasteiger partial charge in [0.05, 0.1) is 0 Å². The van der Waals surface area contributed by atoms with Crippen molar-refractivity contribution in [2.24, 2.45) is 0 Å². The van der Waals surface area contributed by atoms with Crippen molar-refractivity contribution in [1.82, 2.24) is 0 Å². The Kier molecular flexibility index (Phi) is 10.2. The first-order valence-corrected chi connectivity index (χ1v) is 14.3. The van der Waals surface area contributed by atoms with Crippen molar-refractivity contribution in [1.29, 1.82) is 0 Å². The normalized spacial score (nSPS) is 13.9. The lowest BCUT2D eigenvalue weighted by Gasteiger charge is -2.33. The van der Waals surface area contributed by atoms with Gasteiger partial charge in [-0.15, -0.1) is 0 Å². The van der Waals surface area contributed by atoms with E-state index in [4.69, 9.17) is 0 Å². The second-order valence-corrected chi connectivity index (χ2v) is 11.3. The van der Waals surface area contributed by atoms with E-state index in [-0.39, 0.29) is 5.41 Å². The summed E-state index contributed by atoms with van der Waals surface area (Å²) in [4.78, 5) is 0. The monoisotopic (exact) mass is 546 g/mol. The van der Waals surface area contributed by atoms with Gasteiger partial charge >= 0.3 is 0 Å². The molecule has 0 fully saturated rings. The van der Waals surface area contributed by atoms with Crippen molar-refractivity contribution in [2.45, 2.75) is 109 Å². The van der Waals surface area contributed by atoms with Crippen LogP contribution in [-0.2, 0) is 5.41 Å². The van der Waals surface area contributed by atoms with Gasteiger partial charge in [-0.2, -0.15) is 0 Å². The van der Waals surface area contributed by atoms with Gasteiger partial charge in [0, 0.05) is 14.4 Å². The van der Waals surface area contributed by atoms with Crippen LogP contribution < -0.4 is 0 Å². The molecule has 1 aliphatic rings. The number of unbranched alkanes of at least 4 members (excludes halogenated alkanes) is 10. The van der Waals surface area contributed by atoms with Gasteiger partial charge in [-0.1, -0.05) is 135 Å². The molecule has 0 spiro atoms. The van der Waals surface area contributed by atoms with Crippen molar-refractivity contribution in [2.75, 3.05) is 0 Å². The molecule has 31 heavy (non-hydrogen) atoms. The fourth-order valence-corrected chi connectivity index (χ4v) is 6.25. The average Bonchev–Trinajstić information content (AvgIpc) is 3.02. The lowest BCUT2D eigenvalue weighted by molar-refractivity contribution is 0.397. The van der Waals surface area contributed by atoms with Gasteiger partial charge in [0.1, 0.15) is 0 Å². The molecule has 0 N–H and O–H groups in total. The molecule has 2 aromatic rings. The maximum absolute atomic E-state index is 3.79. The average molecular weight is 548 g/mol. The molecule has 170 valence electrons. The minimum absolute atomic E-state index is 0.185. The van der Waals surface area contributed by atoms with Crippen molar-refractivity contribution in [3.8, 4) is 11.1 Å². The summed E-state index contributed by atoms with van der Waals surface area (Å²) in [5.74, 6) is 0. The molecule has 2 aromatic carbocycles. The van der Waals surface area contributed by atoms with Crippen LogP contribution in [0.5, 0.6) is 0 Å². The molecule has 0 unspecified atom stereocenters. The Morgan fingerprint density at radius 2 is 1.06 bits per heavy atom. The van der Waals surface area contributed by atoms with Crippen molar-refractivity contribution < 1.29 is 0 Å². The molecule has 0 amide bonds. The van der Waals surface area contributed by atoms with Gasteiger partial charge in [0.15, 0.2) is 0 Å². The molecule has 0 radical (unpaired) electrons. The lowest BCUT2D eigenvalue weighted by Crippen LogP contribution is -2.25. The van der Waals surface area contributed by atoms with Crippen LogP contribution in [0.15, 0.2) is 45.3 Å². The predicted molar refractivity (Wildman–Crippen MR) is 144 cm³/mol. The molecule has 0 atom stereocenters. The second kappa shape index (κ2) is 12.6. The van der Waals surface area contributed by atoms with Crippen LogP contribution in [0.2, 0.25) is 0 Å². The number of hydrogen-bond acceptors (Lipinski definition) is 0. The van der Waals surface area contributed by atoms with Crippen LogP contribution in [0.4, 0.5) is 0 Å². The fourth-order valence-electron chi connectivity index (χ4n) is 5.53. The summed E-state index contributed by atoms with van der Waals surface area (Å²) in [5, 5.41) is 0. The van der Waals surface area contributed by atoms with Gasteiger partial charge in [-0.3, -0.25) is 0 Å². The Morgan fingerprint density at radius 3 is 1.68 bits per heavy atom. The molecule has 0 bridgehead atoms. The maximum atomic E-state index is 3.79. The van der Waals surface area contributed by atoms with E-state index in [1.54, 1.807) is 11.1 Å². The van der Waals surface area contributed by atoms with Crippen molar-refractivity contribution in [3.05, 3.63) is 56.5 Å². The molecule has 0 aliphatic heterocycles. The Morgan fingerprint density at radius 1 is 0.548 bits per heavy atom. The fraction of sp³-hybridized carbons (Fsp3) is 0.586. The Hall–Kier alpha value is -0.600. The smallest absolute Gasteiger partial charge is 0.0215 e. The van der Waals surface area contributed by atoms with Gasteiger partial charge in [0.2, 0.25) is 0 Å². The van der Waals surface area contributed by atoms with E-state index >= 15 is 0 Å². The number of rotatable bonds is 14. The van der Waals surface area contributed by atoms with E-state index < -0.39 is 0 Å². The van der Waals surface area contributed by atoms with Crippen LogP contribution in [0.1, 0.15) is 115 Å². The molecule has 0 saturated heterocycles. The van der Waals surface area contributed by atoms with E-state index in [1.165, 1.54) is 110 Å². The minimum Gasteiger partial charge on any atom is -0.0654 e. The summed E-state index contributed by atoms with van der Waals surface area (Å²) >= 11 is 7.52. The molecular formula is C29H40Br2. The molecule has 0 heterocycles. The SMILES string of the molecule is CCCCCCCCC1(CCCCCCCC)c2ccc(Br)cc2-c2ccc(Br)cc21. The summed E-state index contributed by atoms with van der Waals surface area (Å²) in [7, 11) is 0. The summed E-state index contributed by atoms with van der Waals surface area (Å²) < 4.78 is 2.41. The highest BCUT2D eigenvalue weighted by atomic mass is 79.9. The first-order chi connectivity index (χ1) is 15.1. The van der Waals surface area contributed by atoms with Crippen molar-refractivity contribution >= 4 is 31.9 Å². The first-order valence-electron chi connectivity index (χ1n) is 12.7. The topological polar surface area (TPSA) is 0 Å². The largest absolute Gasteiger partial charge is 0.0654 e. The van der Waals surface area contributed by atoms with Gasteiger partial charge in [-0.05, 0) is 59.4 Å². The third-order valence-corrected chi connectivity index (χ3v) is 8.19. The molecule has 2 heteroatoms. The van der Waals surface area contributed by atoms with Crippen LogP contribution in [0.3, 0.4) is 0 Å². The van der Waals surface area contributed by atoms with Crippen LogP contribution in [-0.4, -0.2) is 0 Å². The summed E-state index contributed by atoms with van der Waals surface area (Å²) in [6, 6.07) is 14.0. The zero-order chi connectivity index (χ0) is 22.1. The number of fused-ring (bicyclic) bond motifs is 3. The Bertz CT molecular complexity index is 807. The number of benzene rings is 2. The van der Waals surface area contributed by atoms with E-state index in [0.29, 0.717) is 0 Å². The summed E-state index contributed by atoms with van der Waals surface area (Å²) in [6.07, 6.45) is 19.0. The molecule has 0 aromatic heterocycles. The van der Waals surface area contributed by atoms with Crippen LogP contribution >= 0.6 is 31.9 Å². The molecular weight excluding hydrogens is 508 g/mol. The lowest BCUT2D eigenvalue weighted by atomic mass is 9.70. The Labute approximate surface area is 207 Å².